The summed E-state index contributed by atoms with van der Waals surface area (Å²) in [4.78, 5) is 16.0. The number of carbonyl (C=O) groups excluding carboxylic acids is 1. The maximum atomic E-state index is 11.8. The van der Waals surface area contributed by atoms with Gasteiger partial charge in [0.1, 0.15) is 5.76 Å². The zero-order chi connectivity index (χ0) is 13.1. The van der Waals surface area contributed by atoms with E-state index >= 15 is 0 Å². The lowest BCUT2D eigenvalue weighted by Crippen LogP contribution is -2.14. The Morgan fingerprint density at radius 1 is 1.22 bits per heavy atom. The van der Waals surface area contributed by atoms with E-state index in [9.17, 15) is 4.79 Å². The third kappa shape index (κ3) is 2.97. The first-order chi connectivity index (χ1) is 8.54. The monoisotopic (exact) mass is 244 g/mol. The summed E-state index contributed by atoms with van der Waals surface area (Å²) in [6.45, 7) is 5.62. The second-order valence-corrected chi connectivity index (χ2v) is 4.33. The molecule has 0 fully saturated rings. The third-order valence-corrected chi connectivity index (χ3v) is 2.66. The van der Waals surface area contributed by atoms with E-state index in [1.165, 1.54) is 0 Å². The predicted molar refractivity (Wildman–Crippen MR) is 69.5 cm³/mol. The average Bonchev–Trinajstić information content (AvgIpc) is 2.61. The first kappa shape index (κ1) is 12.4. The number of aromatic nitrogens is 1. The molecule has 0 saturated heterocycles. The third-order valence-electron chi connectivity index (χ3n) is 2.66. The smallest absolute Gasteiger partial charge is 0.232 e. The summed E-state index contributed by atoms with van der Waals surface area (Å²) < 4.78 is 5.37. The van der Waals surface area contributed by atoms with E-state index in [4.69, 9.17) is 4.42 Å². The Balaban J connectivity index is 2.01. The van der Waals surface area contributed by atoms with Crippen molar-refractivity contribution in [2.75, 3.05) is 5.32 Å². The molecule has 0 spiro atoms. The zero-order valence-corrected chi connectivity index (χ0v) is 10.8. The Hall–Kier alpha value is -2.10. The van der Waals surface area contributed by atoms with Crippen LogP contribution in [0, 0.1) is 20.8 Å². The molecule has 1 amide bonds. The Kier molecular flexibility index (Phi) is 3.46. The molecule has 4 nitrogen and oxygen atoms in total. The molecule has 0 saturated carbocycles. The molecule has 2 aromatic rings. The number of carbonyl (C=O) groups is 1. The lowest BCUT2D eigenvalue weighted by atomic mass is 10.2. The van der Waals surface area contributed by atoms with Gasteiger partial charge in [0.25, 0.3) is 0 Å². The van der Waals surface area contributed by atoms with Crippen LogP contribution >= 0.6 is 0 Å². The van der Waals surface area contributed by atoms with Crippen molar-refractivity contribution in [2.24, 2.45) is 0 Å². The van der Waals surface area contributed by atoms with Gasteiger partial charge in [-0.05, 0) is 26.0 Å². The Morgan fingerprint density at radius 3 is 2.44 bits per heavy atom. The molecule has 0 aliphatic carbocycles. The summed E-state index contributed by atoms with van der Waals surface area (Å²) in [6, 6.07) is 7.68. The highest BCUT2D eigenvalue weighted by Crippen LogP contribution is 2.12. The number of anilines is 1. The van der Waals surface area contributed by atoms with Crippen LogP contribution in [0.5, 0.6) is 0 Å². The number of nitrogens with zero attached hydrogens (tertiary/aromatic N) is 1. The van der Waals surface area contributed by atoms with Crippen molar-refractivity contribution < 1.29 is 9.21 Å². The van der Waals surface area contributed by atoms with Gasteiger partial charge in [-0.15, -0.1) is 0 Å². The van der Waals surface area contributed by atoms with Crippen LogP contribution in [0.1, 0.15) is 22.9 Å². The number of amides is 1. The normalized spacial score (nSPS) is 10.4. The van der Waals surface area contributed by atoms with Gasteiger partial charge in [0.05, 0.1) is 12.1 Å². The summed E-state index contributed by atoms with van der Waals surface area (Å²) in [5, 5.41) is 2.83. The molecule has 4 heteroatoms. The van der Waals surface area contributed by atoms with Crippen LogP contribution in [0.3, 0.4) is 0 Å². The molecule has 0 aliphatic heterocycles. The van der Waals surface area contributed by atoms with Crippen LogP contribution < -0.4 is 5.32 Å². The first-order valence-electron chi connectivity index (χ1n) is 5.84. The molecule has 1 heterocycles. The van der Waals surface area contributed by atoms with Crippen molar-refractivity contribution in [2.45, 2.75) is 27.2 Å². The maximum Gasteiger partial charge on any atom is 0.232 e. The Bertz CT molecular complexity index is 556. The van der Waals surface area contributed by atoms with Crippen LogP contribution in [-0.4, -0.2) is 10.9 Å². The van der Waals surface area contributed by atoms with Crippen LogP contribution in [0.2, 0.25) is 0 Å². The molecule has 0 aliphatic rings. The number of hydrogen-bond acceptors (Lipinski definition) is 3. The number of nitrogens with one attached hydrogen (secondary N) is 1. The van der Waals surface area contributed by atoms with Gasteiger partial charge in [-0.1, -0.05) is 17.7 Å². The summed E-state index contributed by atoms with van der Waals surface area (Å²) in [5.41, 5.74) is 2.72. The van der Waals surface area contributed by atoms with Crippen molar-refractivity contribution in [3.05, 3.63) is 47.2 Å². The zero-order valence-electron chi connectivity index (χ0n) is 10.8. The van der Waals surface area contributed by atoms with Gasteiger partial charge in [0.2, 0.25) is 5.91 Å². The van der Waals surface area contributed by atoms with E-state index < -0.39 is 0 Å². The Morgan fingerprint density at radius 2 is 1.89 bits per heavy atom. The van der Waals surface area contributed by atoms with Crippen molar-refractivity contribution >= 4 is 11.6 Å². The molecule has 1 aromatic heterocycles. The molecule has 2 rings (SSSR count). The fourth-order valence-electron chi connectivity index (χ4n) is 1.73. The molecule has 0 bridgehead atoms. The molecule has 0 atom stereocenters. The van der Waals surface area contributed by atoms with Crippen molar-refractivity contribution in [3.63, 3.8) is 0 Å². The van der Waals surface area contributed by atoms with Crippen LogP contribution in [0.25, 0.3) is 0 Å². The second-order valence-electron chi connectivity index (χ2n) is 4.33. The van der Waals surface area contributed by atoms with Gasteiger partial charge in [0, 0.05) is 12.6 Å². The highest BCUT2D eigenvalue weighted by atomic mass is 16.4. The van der Waals surface area contributed by atoms with Gasteiger partial charge in [-0.2, -0.15) is 0 Å². The number of benzene rings is 1. The standard InChI is InChI=1S/C14H16N2O2/c1-9-4-6-12(7-5-9)16-14(17)8-13-10(2)15-11(3)18-13/h4-7H,8H2,1-3H3,(H,16,17). The molecule has 94 valence electrons. The van der Waals surface area contributed by atoms with E-state index in [1.54, 1.807) is 6.92 Å². The lowest BCUT2D eigenvalue weighted by molar-refractivity contribution is -0.115. The van der Waals surface area contributed by atoms with Crippen LogP contribution in [-0.2, 0) is 11.2 Å². The molecule has 0 radical (unpaired) electrons. The lowest BCUT2D eigenvalue weighted by Gasteiger charge is -2.04. The minimum absolute atomic E-state index is 0.0990. The van der Waals surface area contributed by atoms with Gasteiger partial charge in [-0.3, -0.25) is 4.79 Å². The van der Waals surface area contributed by atoms with Gasteiger partial charge in [-0.25, -0.2) is 4.98 Å². The van der Waals surface area contributed by atoms with Crippen molar-refractivity contribution in [1.29, 1.82) is 0 Å². The summed E-state index contributed by atoms with van der Waals surface area (Å²) in [7, 11) is 0. The summed E-state index contributed by atoms with van der Waals surface area (Å²) >= 11 is 0. The molecule has 1 aromatic carbocycles. The highest BCUT2D eigenvalue weighted by molar-refractivity contribution is 5.92. The van der Waals surface area contributed by atoms with E-state index in [2.05, 4.69) is 10.3 Å². The quantitative estimate of drug-likeness (QED) is 0.903. The van der Waals surface area contributed by atoms with Gasteiger partial charge in [0.15, 0.2) is 5.89 Å². The first-order valence-corrected chi connectivity index (χ1v) is 5.84. The second kappa shape index (κ2) is 5.04. The molecule has 1 N–H and O–H groups in total. The van der Waals surface area contributed by atoms with Gasteiger partial charge < -0.3 is 9.73 Å². The molecule has 0 unspecified atom stereocenters. The van der Waals surface area contributed by atoms with Crippen LogP contribution in [0.15, 0.2) is 28.7 Å². The van der Waals surface area contributed by atoms with Crippen LogP contribution in [0.4, 0.5) is 5.69 Å². The SMILES string of the molecule is Cc1ccc(NC(=O)Cc2oc(C)nc2C)cc1. The molecular weight excluding hydrogens is 228 g/mol. The Labute approximate surface area is 106 Å². The number of rotatable bonds is 3. The minimum Gasteiger partial charge on any atom is -0.445 e. The van der Waals surface area contributed by atoms with Gasteiger partial charge >= 0.3 is 0 Å². The van der Waals surface area contributed by atoms with Crippen molar-refractivity contribution in [3.8, 4) is 0 Å². The predicted octanol–water partition coefficient (Wildman–Crippen LogP) is 2.78. The molecule has 18 heavy (non-hydrogen) atoms. The average molecular weight is 244 g/mol. The number of oxazole rings is 1. The number of hydrogen-bond donors (Lipinski definition) is 1. The molecular formula is C14H16N2O2. The van der Waals surface area contributed by atoms with E-state index in [1.807, 2.05) is 38.1 Å². The van der Waals surface area contributed by atoms with E-state index in [0.717, 1.165) is 16.9 Å². The van der Waals surface area contributed by atoms with Crippen molar-refractivity contribution in [1.82, 2.24) is 4.98 Å². The topological polar surface area (TPSA) is 55.1 Å². The van der Waals surface area contributed by atoms with E-state index in [0.29, 0.717) is 11.7 Å². The summed E-state index contributed by atoms with van der Waals surface area (Å²) in [5.74, 6) is 1.11. The van der Waals surface area contributed by atoms with E-state index in [-0.39, 0.29) is 12.3 Å². The fraction of sp³-hybridized carbons (Fsp3) is 0.286. The fourth-order valence-corrected chi connectivity index (χ4v) is 1.73. The summed E-state index contributed by atoms with van der Waals surface area (Å²) in [6.07, 6.45) is 0.209. The number of aryl methyl sites for hydroxylation is 3. The minimum atomic E-state index is -0.0990. The highest BCUT2D eigenvalue weighted by Gasteiger charge is 2.11. The largest absolute Gasteiger partial charge is 0.445 e. The maximum absolute atomic E-state index is 11.8.